The molecule has 1 saturated heterocycles. The Morgan fingerprint density at radius 3 is 2.47 bits per heavy atom. The van der Waals surface area contributed by atoms with E-state index in [1.807, 2.05) is 25.7 Å². The molecule has 0 saturated carbocycles. The highest BCUT2D eigenvalue weighted by molar-refractivity contribution is 5.72. The molecule has 0 aromatic rings. The lowest BCUT2D eigenvalue weighted by Crippen LogP contribution is -2.55. The van der Waals surface area contributed by atoms with Gasteiger partial charge in [-0.05, 0) is 20.8 Å². The van der Waals surface area contributed by atoms with Crippen LogP contribution in [0.25, 0.3) is 0 Å². The van der Waals surface area contributed by atoms with E-state index in [4.69, 9.17) is 9.84 Å². The predicted molar refractivity (Wildman–Crippen MR) is 54.4 cm³/mol. The van der Waals surface area contributed by atoms with Crippen LogP contribution in [0.2, 0.25) is 0 Å². The summed E-state index contributed by atoms with van der Waals surface area (Å²) in [5.41, 5.74) is -0.184. The molecule has 1 heterocycles. The van der Waals surface area contributed by atoms with Crippen LogP contribution in [0.5, 0.6) is 0 Å². The summed E-state index contributed by atoms with van der Waals surface area (Å²) >= 11 is 0. The third kappa shape index (κ3) is 3.77. The molecular weight excluding hydrogens is 198 g/mol. The fourth-order valence-corrected chi connectivity index (χ4v) is 1.40. The number of aliphatic carboxylic acids is 1. The Labute approximate surface area is 89.6 Å². The van der Waals surface area contributed by atoms with Crippen molar-refractivity contribution in [1.29, 1.82) is 0 Å². The standard InChI is InChI=1S/C10H19NO4/c1-10(2,3)15-6-11-4-7(5-11)8(12)9(13)14/h7-8,12H,4-6H2,1-3H3,(H,13,14). The minimum Gasteiger partial charge on any atom is -0.479 e. The van der Waals surface area contributed by atoms with Gasteiger partial charge < -0.3 is 14.9 Å². The van der Waals surface area contributed by atoms with Crippen LogP contribution >= 0.6 is 0 Å². The summed E-state index contributed by atoms with van der Waals surface area (Å²) in [5.74, 6) is -1.30. The number of nitrogens with zero attached hydrogens (tertiary/aromatic N) is 1. The van der Waals surface area contributed by atoms with E-state index in [1.54, 1.807) is 0 Å². The maximum Gasteiger partial charge on any atom is 0.332 e. The highest BCUT2D eigenvalue weighted by atomic mass is 16.5. The molecule has 5 nitrogen and oxygen atoms in total. The number of carbonyl (C=O) groups is 1. The number of ether oxygens (including phenoxy) is 1. The average molecular weight is 217 g/mol. The predicted octanol–water partition coefficient (Wildman–Crippen LogP) is 0.136. The van der Waals surface area contributed by atoms with Crippen LogP contribution in [0.4, 0.5) is 0 Å². The van der Waals surface area contributed by atoms with E-state index < -0.39 is 12.1 Å². The van der Waals surface area contributed by atoms with Crippen molar-refractivity contribution in [3.05, 3.63) is 0 Å². The maximum absolute atomic E-state index is 10.5. The van der Waals surface area contributed by atoms with Gasteiger partial charge in [0.05, 0.1) is 12.3 Å². The average Bonchev–Trinajstić information content (AvgIpc) is 1.98. The number of hydrogen-bond acceptors (Lipinski definition) is 4. The fourth-order valence-electron chi connectivity index (χ4n) is 1.40. The first kappa shape index (κ1) is 12.4. The molecule has 2 N–H and O–H groups in total. The van der Waals surface area contributed by atoms with Gasteiger partial charge in [-0.3, -0.25) is 4.90 Å². The van der Waals surface area contributed by atoms with Gasteiger partial charge in [0.1, 0.15) is 0 Å². The molecule has 1 rings (SSSR count). The van der Waals surface area contributed by atoms with Crippen molar-refractivity contribution in [2.75, 3.05) is 19.8 Å². The second kappa shape index (κ2) is 4.47. The molecule has 0 spiro atoms. The van der Waals surface area contributed by atoms with E-state index in [2.05, 4.69) is 0 Å². The molecule has 0 amide bonds. The lowest BCUT2D eigenvalue weighted by molar-refractivity contribution is -0.159. The Balaban J connectivity index is 2.18. The summed E-state index contributed by atoms with van der Waals surface area (Å²) in [6.45, 7) is 7.57. The molecule has 1 atom stereocenters. The quantitative estimate of drug-likeness (QED) is 0.700. The summed E-state index contributed by atoms with van der Waals surface area (Å²) < 4.78 is 5.52. The minimum absolute atomic E-state index is 0.161. The van der Waals surface area contributed by atoms with E-state index in [9.17, 15) is 9.90 Å². The van der Waals surface area contributed by atoms with E-state index >= 15 is 0 Å². The summed E-state index contributed by atoms with van der Waals surface area (Å²) in [4.78, 5) is 12.4. The van der Waals surface area contributed by atoms with Crippen molar-refractivity contribution in [3.63, 3.8) is 0 Å². The van der Waals surface area contributed by atoms with Gasteiger partial charge in [0.15, 0.2) is 6.10 Å². The number of aliphatic hydroxyl groups excluding tert-OH is 1. The second-order valence-electron chi connectivity index (χ2n) is 4.96. The Bertz CT molecular complexity index is 230. The third-order valence-electron chi connectivity index (χ3n) is 2.37. The number of likely N-dealkylation sites (tertiary alicyclic amines) is 1. The van der Waals surface area contributed by atoms with Crippen LogP contribution in [0.3, 0.4) is 0 Å². The van der Waals surface area contributed by atoms with Crippen LogP contribution in [0.1, 0.15) is 20.8 Å². The number of hydrogen-bond donors (Lipinski definition) is 2. The zero-order chi connectivity index (χ0) is 11.6. The molecule has 0 radical (unpaired) electrons. The van der Waals surface area contributed by atoms with E-state index in [-0.39, 0.29) is 11.5 Å². The highest BCUT2D eigenvalue weighted by Gasteiger charge is 2.36. The maximum atomic E-state index is 10.5. The lowest BCUT2D eigenvalue weighted by atomic mass is 9.94. The summed E-state index contributed by atoms with van der Waals surface area (Å²) in [5, 5.41) is 17.8. The number of carboxylic acids is 1. The van der Waals surface area contributed by atoms with Gasteiger partial charge >= 0.3 is 5.97 Å². The van der Waals surface area contributed by atoms with Gasteiger partial charge in [0.2, 0.25) is 0 Å². The second-order valence-corrected chi connectivity index (χ2v) is 4.96. The zero-order valence-electron chi connectivity index (χ0n) is 9.43. The number of carboxylic acid groups (broad SMARTS) is 1. The summed E-state index contributed by atoms with van der Waals surface area (Å²) in [6.07, 6.45) is -1.24. The van der Waals surface area contributed by atoms with Crippen molar-refractivity contribution >= 4 is 5.97 Å². The van der Waals surface area contributed by atoms with Crippen molar-refractivity contribution in [1.82, 2.24) is 4.90 Å². The monoisotopic (exact) mass is 217 g/mol. The molecule has 0 bridgehead atoms. The lowest BCUT2D eigenvalue weighted by Gasteiger charge is -2.41. The van der Waals surface area contributed by atoms with E-state index in [1.165, 1.54) is 0 Å². The molecule has 0 aliphatic carbocycles. The first-order valence-corrected chi connectivity index (χ1v) is 5.07. The smallest absolute Gasteiger partial charge is 0.332 e. The summed E-state index contributed by atoms with van der Waals surface area (Å²) in [6, 6.07) is 0. The van der Waals surface area contributed by atoms with Crippen molar-refractivity contribution < 1.29 is 19.7 Å². The van der Waals surface area contributed by atoms with Gasteiger partial charge in [-0.25, -0.2) is 4.79 Å². The van der Waals surface area contributed by atoms with Gasteiger partial charge in [0.25, 0.3) is 0 Å². The van der Waals surface area contributed by atoms with Gasteiger partial charge in [-0.1, -0.05) is 0 Å². The molecular formula is C10H19NO4. The van der Waals surface area contributed by atoms with Crippen LogP contribution in [-0.2, 0) is 9.53 Å². The molecule has 15 heavy (non-hydrogen) atoms. The zero-order valence-corrected chi connectivity index (χ0v) is 9.43. The Kier molecular flexibility index (Phi) is 3.70. The molecule has 1 unspecified atom stereocenters. The number of rotatable bonds is 4. The van der Waals surface area contributed by atoms with E-state index in [0.717, 1.165) is 0 Å². The minimum atomic E-state index is -1.24. The first-order chi connectivity index (χ1) is 6.79. The molecule has 1 aliphatic heterocycles. The molecule has 1 fully saturated rings. The van der Waals surface area contributed by atoms with Gasteiger partial charge in [0, 0.05) is 19.0 Å². The van der Waals surface area contributed by atoms with E-state index in [0.29, 0.717) is 19.8 Å². The Morgan fingerprint density at radius 2 is 2.07 bits per heavy atom. The Hall–Kier alpha value is -0.650. The SMILES string of the molecule is CC(C)(C)OCN1CC(C(O)C(=O)O)C1. The summed E-state index contributed by atoms with van der Waals surface area (Å²) in [7, 11) is 0. The van der Waals surface area contributed by atoms with Crippen LogP contribution in [0.15, 0.2) is 0 Å². The molecule has 0 aromatic carbocycles. The highest BCUT2D eigenvalue weighted by Crippen LogP contribution is 2.20. The van der Waals surface area contributed by atoms with Crippen molar-refractivity contribution in [2.24, 2.45) is 5.92 Å². The molecule has 5 heteroatoms. The van der Waals surface area contributed by atoms with Crippen molar-refractivity contribution in [2.45, 2.75) is 32.5 Å². The van der Waals surface area contributed by atoms with Crippen LogP contribution in [0, 0.1) is 5.92 Å². The van der Waals surface area contributed by atoms with Gasteiger partial charge in [-0.2, -0.15) is 0 Å². The van der Waals surface area contributed by atoms with Crippen LogP contribution in [-0.4, -0.2) is 52.6 Å². The molecule has 1 aliphatic rings. The normalized spacial score (nSPS) is 21.1. The molecule has 0 aromatic heterocycles. The third-order valence-corrected chi connectivity index (χ3v) is 2.37. The topological polar surface area (TPSA) is 70.0 Å². The first-order valence-electron chi connectivity index (χ1n) is 5.07. The van der Waals surface area contributed by atoms with Gasteiger partial charge in [-0.15, -0.1) is 0 Å². The van der Waals surface area contributed by atoms with Crippen LogP contribution < -0.4 is 0 Å². The fraction of sp³-hybridized carbons (Fsp3) is 0.900. The largest absolute Gasteiger partial charge is 0.479 e. The van der Waals surface area contributed by atoms with Crippen molar-refractivity contribution in [3.8, 4) is 0 Å². The number of aliphatic hydroxyl groups is 1. The molecule has 88 valence electrons. The Morgan fingerprint density at radius 1 is 1.53 bits per heavy atom.